The molecule has 0 radical (unpaired) electrons. The highest BCUT2D eigenvalue weighted by Crippen LogP contribution is 2.55. The lowest BCUT2D eigenvalue weighted by Crippen LogP contribution is -2.33. The highest BCUT2D eigenvalue weighted by atomic mass is 16.6. The number of aromatic nitrogens is 2. The van der Waals surface area contributed by atoms with Crippen molar-refractivity contribution in [1.29, 1.82) is 0 Å². The largest absolute Gasteiger partial charge is 0.493 e. The van der Waals surface area contributed by atoms with E-state index in [9.17, 15) is 4.79 Å². The predicted molar refractivity (Wildman–Crippen MR) is 179 cm³/mol. The number of pyridine rings is 2. The van der Waals surface area contributed by atoms with Crippen LogP contribution in [0.5, 0.6) is 5.75 Å². The number of hydrogen-bond donors (Lipinski definition) is 0. The van der Waals surface area contributed by atoms with Crippen LogP contribution in [0.15, 0.2) is 122 Å². The number of anilines is 1. The van der Waals surface area contributed by atoms with Gasteiger partial charge in [-0.15, -0.1) is 0 Å². The standard InChI is InChI=1S/C39H35N3O3/c1-4-41(5-2)29-22-23-30(33(26-29)44-6-3)39(31-20-15-24-40-36(31)38(43)45-39)37-35(28-18-11-8-12-19-28)34(27-16-9-7-10-17-27)32-21-13-14-25-42(32)37/h7-26H,4-6H2,1-3H3. The van der Waals surface area contributed by atoms with E-state index < -0.39 is 11.6 Å². The smallest absolute Gasteiger partial charge is 0.359 e. The molecule has 224 valence electrons. The molecule has 0 saturated carbocycles. The quantitative estimate of drug-likeness (QED) is 0.158. The SMILES string of the molecule is CCOc1cc(N(CC)CC)ccc1C1(c2c(-c3ccccc3)c(-c3ccccc3)c3ccccn23)OC(=O)c2ncccc21. The van der Waals surface area contributed by atoms with E-state index in [0.717, 1.165) is 57.8 Å². The second kappa shape index (κ2) is 11.6. The van der Waals surface area contributed by atoms with Crippen molar-refractivity contribution in [3.8, 4) is 28.0 Å². The van der Waals surface area contributed by atoms with Crippen LogP contribution in [0, 0.1) is 0 Å². The molecule has 0 N–H and O–H groups in total. The lowest BCUT2D eigenvalue weighted by atomic mass is 9.79. The molecule has 1 aliphatic rings. The minimum atomic E-state index is -1.37. The first-order chi connectivity index (χ1) is 22.1. The zero-order chi connectivity index (χ0) is 31.0. The van der Waals surface area contributed by atoms with Crippen LogP contribution in [0.25, 0.3) is 27.8 Å². The maximum Gasteiger partial charge on any atom is 0.359 e. The summed E-state index contributed by atoms with van der Waals surface area (Å²) >= 11 is 0. The first-order valence-electron chi connectivity index (χ1n) is 15.6. The van der Waals surface area contributed by atoms with Gasteiger partial charge in [-0.05, 0) is 62.2 Å². The van der Waals surface area contributed by atoms with Crippen molar-refractivity contribution in [1.82, 2.24) is 9.38 Å². The van der Waals surface area contributed by atoms with E-state index in [2.05, 4.69) is 95.0 Å². The molecule has 0 aliphatic carbocycles. The van der Waals surface area contributed by atoms with Gasteiger partial charge in [-0.2, -0.15) is 0 Å². The zero-order valence-corrected chi connectivity index (χ0v) is 25.7. The van der Waals surface area contributed by atoms with Crippen molar-refractivity contribution in [2.24, 2.45) is 0 Å². The summed E-state index contributed by atoms with van der Waals surface area (Å²) in [6.45, 7) is 8.43. The molecule has 0 bridgehead atoms. The van der Waals surface area contributed by atoms with E-state index in [4.69, 9.17) is 9.47 Å². The van der Waals surface area contributed by atoms with E-state index in [1.807, 2.05) is 55.5 Å². The maximum atomic E-state index is 13.9. The minimum Gasteiger partial charge on any atom is -0.493 e. The second-order valence-electron chi connectivity index (χ2n) is 11.0. The third kappa shape index (κ3) is 4.48. The molecule has 0 saturated heterocycles. The van der Waals surface area contributed by atoms with Gasteiger partial charge in [0.15, 0.2) is 5.69 Å². The van der Waals surface area contributed by atoms with Crippen LogP contribution < -0.4 is 9.64 Å². The van der Waals surface area contributed by atoms with Crippen LogP contribution >= 0.6 is 0 Å². The zero-order valence-electron chi connectivity index (χ0n) is 25.7. The maximum absolute atomic E-state index is 13.9. The van der Waals surface area contributed by atoms with Crippen molar-refractivity contribution < 1.29 is 14.3 Å². The summed E-state index contributed by atoms with van der Waals surface area (Å²) in [7, 11) is 0. The van der Waals surface area contributed by atoms with Crippen molar-refractivity contribution in [2.75, 3.05) is 24.6 Å². The Balaban J connectivity index is 1.67. The number of ether oxygens (including phenoxy) is 2. The van der Waals surface area contributed by atoms with Gasteiger partial charge >= 0.3 is 5.97 Å². The van der Waals surface area contributed by atoms with Crippen LogP contribution in [0.1, 0.15) is 48.1 Å². The number of rotatable bonds is 9. The molecule has 0 fully saturated rings. The Morgan fingerprint density at radius 1 is 0.778 bits per heavy atom. The normalized spacial score (nSPS) is 15.6. The van der Waals surface area contributed by atoms with E-state index in [1.54, 1.807) is 6.20 Å². The summed E-state index contributed by atoms with van der Waals surface area (Å²) < 4.78 is 15.3. The van der Waals surface area contributed by atoms with Crippen molar-refractivity contribution in [3.63, 3.8) is 0 Å². The molecule has 0 spiro atoms. The predicted octanol–water partition coefficient (Wildman–Crippen LogP) is 8.38. The molecule has 7 rings (SSSR count). The topological polar surface area (TPSA) is 56.1 Å². The third-order valence-electron chi connectivity index (χ3n) is 8.70. The fourth-order valence-electron chi connectivity index (χ4n) is 6.80. The number of carbonyl (C=O) groups excluding carboxylic acids is 1. The van der Waals surface area contributed by atoms with Gasteiger partial charge in [0.1, 0.15) is 5.75 Å². The Labute approximate surface area is 263 Å². The summed E-state index contributed by atoms with van der Waals surface area (Å²) in [6.07, 6.45) is 3.70. The molecule has 4 heterocycles. The van der Waals surface area contributed by atoms with Crippen LogP contribution in [0.4, 0.5) is 5.69 Å². The third-order valence-corrected chi connectivity index (χ3v) is 8.70. The number of hydrogen-bond acceptors (Lipinski definition) is 5. The molecular weight excluding hydrogens is 558 g/mol. The van der Waals surface area contributed by atoms with E-state index in [1.165, 1.54) is 0 Å². The molecule has 0 amide bonds. The Morgan fingerprint density at radius 2 is 1.47 bits per heavy atom. The Morgan fingerprint density at radius 3 is 2.16 bits per heavy atom. The average molecular weight is 594 g/mol. The number of nitrogens with zero attached hydrogens (tertiary/aromatic N) is 3. The molecule has 1 aliphatic heterocycles. The summed E-state index contributed by atoms with van der Waals surface area (Å²) in [5, 5.41) is 0. The fourth-order valence-corrected chi connectivity index (χ4v) is 6.80. The van der Waals surface area contributed by atoms with Crippen molar-refractivity contribution in [3.05, 3.63) is 144 Å². The van der Waals surface area contributed by atoms with Gasteiger partial charge in [0.2, 0.25) is 5.60 Å². The summed E-state index contributed by atoms with van der Waals surface area (Å²) in [5.41, 5.74) is 7.37. The summed E-state index contributed by atoms with van der Waals surface area (Å²) in [4.78, 5) is 20.7. The van der Waals surface area contributed by atoms with Crippen molar-refractivity contribution in [2.45, 2.75) is 26.4 Å². The Bertz CT molecular complexity index is 2000. The number of benzene rings is 3. The lowest BCUT2D eigenvalue weighted by molar-refractivity contribution is 0.0228. The second-order valence-corrected chi connectivity index (χ2v) is 11.0. The summed E-state index contributed by atoms with van der Waals surface area (Å²) in [5.74, 6) is 0.199. The number of esters is 1. The molecular formula is C39H35N3O3. The Hall–Kier alpha value is -5.36. The van der Waals surface area contributed by atoms with Gasteiger partial charge in [0, 0.05) is 59.5 Å². The average Bonchev–Trinajstić information content (AvgIpc) is 3.59. The molecule has 1 unspecified atom stereocenters. The molecule has 1 atom stereocenters. The number of fused-ring (bicyclic) bond motifs is 2. The first-order valence-corrected chi connectivity index (χ1v) is 15.6. The molecule has 3 aromatic heterocycles. The van der Waals surface area contributed by atoms with Crippen LogP contribution in [0.3, 0.4) is 0 Å². The number of carbonyl (C=O) groups is 1. The van der Waals surface area contributed by atoms with Gasteiger partial charge < -0.3 is 18.8 Å². The highest BCUT2D eigenvalue weighted by Gasteiger charge is 2.54. The molecule has 3 aromatic carbocycles. The molecule has 6 aromatic rings. The van der Waals surface area contributed by atoms with Crippen LogP contribution in [0.2, 0.25) is 0 Å². The van der Waals surface area contributed by atoms with Gasteiger partial charge in [-0.3, -0.25) is 0 Å². The molecule has 45 heavy (non-hydrogen) atoms. The fraction of sp³-hybridized carbons (Fsp3) is 0.179. The highest BCUT2D eigenvalue weighted by molar-refractivity contribution is 6.00. The minimum absolute atomic E-state index is 0.305. The summed E-state index contributed by atoms with van der Waals surface area (Å²) in [6, 6.07) is 37.0. The van der Waals surface area contributed by atoms with Crippen LogP contribution in [-0.2, 0) is 10.3 Å². The van der Waals surface area contributed by atoms with E-state index in [-0.39, 0.29) is 0 Å². The van der Waals surface area contributed by atoms with Gasteiger partial charge in [-0.25, -0.2) is 9.78 Å². The lowest BCUT2D eigenvalue weighted by Gasteiger charge is -2.33. The molecule has 6 heteroatoms. The van der Waals surface area contributed by atoms with E-state index in [0.29, 0.717) is 23.6 Å². The number of cyclic esters (lactones) is 1. The van der Waals surface area contributed by atoms with Gasteiger partial charge in [0.25, 0.3) is 0 Å². The van der Waals surface area contributed by atoms with E-state index >= 15 is 0 Å². The first kappa shape index (κ1) is 28.4. The molecule has 6 nitrogen and oxygen atoms in total. The van der Waals surface area contributed by atoms with Gasteiger partial charge in [-0.1, -0.05) is 72.8 Å². The van der Waals surface area contributed by atoms with Gasteiger partial charge in [0.05, 0.1) is 17.8 Å². The Kier molecular flexibility index (Phi) is 7.34. The van der Waals surface area contributed by atoms with Crippen LogP contribution in [-0.4, -0.2) is 35.1 Å². The van der Waals surface area contributed by atoms with Crippen molar-refractivity contribution >= 4 is 17.2 Å². The monoisotopic (exact) mass is 593 g/mol.